The van der Waals surface area contributed by atoms with E-state index < -0.39 is 0 Å². The fraction of sp³-hybridized carbons (Fsp3) is 0.562. The van der Waals surface area contributed by atoms with Gasteiger partial charge in [-0.25, -0.2) is 4.39 Å². The highest BCUT2D eigenvalue weighted by Crippen LogP contribution is 2.15. The van der Waals surface area contributed by atoms with Gasteiger partial charge in [0.25, 0.3) is 0 Å². The first kappa shape index (κ1) is 15.1. The Morgan fingerprint density at radius 1 is 1.25 bits per heavy atom. The molecule has 0 saturated carbocycles. The molecule has 0 amide bonds. The normalized spacial score (nSPS) is 17.6. The van der Waals surface area contributed by atoms with Gasteiger partial charge in [0.15, 0.2) is 5.78 Å². The highest BCUT2D eigenvalue weighted by molar-refractivity contribution is 5.96. The molecular weight excluding hydrogens is 255 g/mol. The van der Waals surface area contributed by atoms with E-state index in [1.807, 2.05) is 0 Å². The molecular formula is C16H23FN2O. The summed E-state index contributed by atoms with van der Waals surface area (Å²) in [6.45, 7) is 2.91. The molecule has 1 fully saturated rings. The summed E-state index contributed by atoms with van der Waals surface area (Å²) < 4.78 is 12.8. The molecule has 4 heteroatoms. The Bertz CT molecular complexity index is 436. The van der Waals surface area contributed by atoms with E-state index in [2.05, 4.69) is 23.9 Å². The molecule has 1 aromatic rings. The average molecular weight is 278 g/mol. The molecule has 0 aliphatic carbocycles. The van der Waals surface area contributed by atoms with E-state index in [1.165, 1.54) is 12.1 Å². The zero-order chi connectivity index (χ0) is 14.5. The van der Waals surface area contributed by atoms with Gasteiger partial charge in [-0.05, 0) is 64.3 Å². The van der Waals surface area contributed by atoms with Crippen LogP contribution in [-0.4, -0.2) is 55.4 Å². The summed E-state index contributed by atoms with van der Waals surface area (Å²) in [5.74, 6) is -0.202. The molecule has 0 N–H and O–H groups in total. The summed E-state index contributed by atoms with van der Waals surface area (Å²) in [4.78, 5) is 16.6. The van der Waals surface area contributed by atoms with Crippen LogP contribution in [0, 0.1) is 5.82 Å². The third-order valence-corrected chi connectivity index (χ3v) is 4.11. The van der Waals surface area contributed by atoms with E-state index in [9.17, 15) is 9.18 Å². The van der Waals surface area contributed by atoms with Gasteiger partial charge >= 0.3 is 0 Å². The van der Waals surface area contributed by atoms with E-state index >= 15 is 0 Å². The number of carbonyl (C=O) groups is 1. The van der Waals surface area contributed by atoms with Gasteiger partial charge < -0.3 is 9.80 Å². The van der Waals surface area contributed by atoms with Gasteiger partial charge in [-0.2, -0.15) is 0 Å². The first-order valence-electron chi connectivity index (χ1n) is 7.24. The summed E-state index contributed by atoms with van der Waals surface area (Å²) in [7, 11) is 4.25. The number of rotatable bonds is 5. The van der Waals surface area contributed by atoms with Crippen molar-refractivity contribution in [3.05, 3.63) is 35.6 Å². The number of ketones is 1. The number of likely N-dealkylation sites (tertiary alicyclic amines) is 1. The molecule has 110 valence electrons. The van der Waals surface area contributed by atoms with Crippen LogP contribution in [0.2, 0.25) is 0 Å². The van der Waals surface area contributed by atoms with Crippen molar-refractivity contribution in [2.45, 2.75) is 25.3 Å². The summed E-state index contributed by atoms with van der Waals surface area (Å²) in [5, 5.41) is 0. The third kappa shape index (κ3) is 4.12. The SMILES string of the molecule is CN(C)C1CCN(CCC(=O)c2ccc(F)cc2)CC1. The first-order chi connectivity index (χ1) is 9.56. The number of halogens is 1. The summed E-state index contributed by atoms with van der Waals surface area (Å²) in [6, 6.07) is 6.48. The second-order valence-electron chi connectivity index (χ2n) is 5.72. The van der Waals surface area contributed by atoms with Crippen molar-refractivity contribution < 1.29 is 9.18 Å². The number of carbonyl (C=O) groups excluding carboxylic acids is 1. The maximum Gasteiger partial charge on any atom is 0.164 e. The Hall–Kier alpha value is -1.26. The second-order valence-corrected chi connectivity index (χ2v) is 5.72. The standard InChI is InChI=1S/C16H23FN2O/c1-18(2)15-7-10-19(11-8-15)12-9-16(20)13-3-5-14(17)6-4-13/h3-6,15H,7-12H2,1-2H3. The highest BCUT2D eigenvalue weighted by atomic mass is 19.1. The zero-order valence-corrected chi connectivity index (χ0v) is 12.3. The minimum absolute atomic E-state index is 0.0970. The molecule has 0 atom stereocenters. The lowest BCUT2D eigenvalue weighted by atomic mass is 10.0. The number of hydrogen-bond donors (Lipinski definition) is 0. The molecule has 1 aromatic carbocycles. The van der Waals surface area contributed by atoms with Gasteiger partial charge in [0, 0.05) is 24.6 Å². The van der Waals surface area contributed by atoms with Gasteiger partial charge in [0.05, 0.1) is 0 Å². The van der Waals surface area contributed by atoms with Crippen molar-refractivity contribution in [3.8, 4) is 0 Å². The van der Waals surface area contributed by atoms with Crippen LogP contribution in [0.1, 0.15) is 29.6 Å². The molecule has 0 radical (unpaired) electrons. The van der Waals surface area contributed by atoms with Gasteiger partial charge in [0.1, 0.15) is 5.82 Å². The molecule has 1 aliphatic heterocycles. The number of Topliss-reactive ketones (excluding diaryl/α,β-unsaturated/α-hetero) is 1. The molecule has 1 aliphatic rings. The van der Waals surface area contributed by atoms with Gasteiger partial charge in [-0.15, -0.1) is 0 Å². The molecule has 3 nitrogen and oxygen atoms in total. The number of hydrogen-bond acceptors (Lipinski definition) is 3. The van der Waals surface area contributed by atoms with Crippen molar-refractivity contribution in [2.24, 2.45) is 0 Å². The maximum atomic E-state index is 12.8. The molecule has 0 unspecified atom stereocenters. The van der Waals surface area contributed by atoms with Crippen LogP contribution in [0.5, 0.6) is 0 Å². The predicted molar refractivity (Wildman–Crippen MR) is 78.5 cm³/mol. The lowest BCUT2D eigenvalue weighted by Gasteiger charge is -2.35. The van der Waals surface area contributed by atoms with Crippen LogP contribution in [-0.2, 0) is 0 Å². The maximum absolute atomic E-state index is 12.8. The summed E-state index contributed by atoms with van der Waals surface area (Å²) in [6.07, 6.45) is 2.84. The second kappa shape index (κ2) is 6.95. The molecule has 0 aromatic heterocycles. The van der Waals surface area contributed by atoms with E-state index in [1.54, 1.807) is 12.1 Å². The topological polar surface area (TPSA) is 23.6 Å². The largest absolute Gasteiger partial charge is 0.306 e. The molecule has 2 rings (SSSR count). The minimum atomic E-state index is -0.299. The van der Waals surface area contributed by atoms with Crippen LogP contribution in [0.15, 0.2) is 24.3 Å². The number of nitrogens with zero attached hydrogens (tertiary/aromatic N) is 2. The van der Waals surface area contributed by atoms with E-state index in [0.29, 0.717) is 18.0 Å². The van der Waals surface area contributed by atoms with Crippen molar-refractivity contribution >= 4 is 5.78 Å². The Morgan fingerprint density at radius 3 is 2.40 bits per heavy atom. The monoisotopic (exact) mass is 278 g/mol. The number of piperidine rings is 1. The smallest absolute Gasteiger partial charge is 0.164 e. The minimum Gasteiger partial charge on any atom is -0.306 e. The van der Waals surface area contributed by atoms with Gasteiger partial charge in [-0.3, -0.25) is 4.79 Å². The first-order valence-corrected chi connectivity index (χ1v) is 7.24. The van der Waals surface area contributed by atoms with E-state index in [-0.39, 0.29) is 11.6 Å². The van der Waals surface area contributed by atoms with Crippen LogP contribution in [0.25, 0.3) is 0 Å². The van der Waals surface area contributed by atoms with Crippen molar-refractivity contribution in [3.63, 3.8) is 0 Å². The summed E-state index contributed by atoms with van der Waals surface area (Å²) in [5.41, 5.74) is 0.606. The quantitative estimate of drug-likeness (QED) is 0.773. The molecule has 1 saturated heterocycles. The molecule has 0 spiro atoms. The van der Waals surface area contributed by atoms with Crippen LogP contribution in [0.3, 0.4) is 0 Å². The Balaban J connectivity index is 1.76. The van der Waals surface area contributed by atoms with E-state index in [4.69, 9.17) is 0 Å². The highest BCUT2D eigenvalue weighted by Gasteiger charge is 2.20. The number of benzene rings is 1. The van der Waals surface area contributed by atoms with Crippen molar-refractivity contribution in [2.75, 3.05) is 33.7 Å². The van der Waals surface area contributed by atoms with Crippen molar-refractivity contribution in [1.29, 1.82) is 0 Å². The molecule has 1 heterocycles. The van der Waals surface area contributed by atoms with Gasteiger partial charge in [0.2, 0.25) is 0 Å². The van der Waals surface area contributed by atoms with Crippen molar-refractivity contribution in [1.82, 2.24) is 9.80 Å². The lowest BCUT2D eigenvalue weighted by molar-refractivity contribution is 0.0940. The Labute approximate surface area is 120 Å². The average Bonchev–Trinajstić information content (AvgIpc) is 2.46. The Morgan fingerprint density at radius 2 is 1.85 bits per heavy atom. The fourth-order valence-electron chi connectivity index (χ4n) is 2.70. The van der Waals surface area contributed by atoms with Crippen LogP contribution in [0.4, 0.5) is 4.39 Å². The predicted octanol–water partition coefficient (Wildman–Crippen LogP) is 2.42. The summed E-state index contributed by atoms with van der Waals surface area (Å²) >= 11 is 0. The molecule has 20 heavy (non-hydrogen) atoms. The zero-order valence-electron chi connectivity index (χ0n) is 12.3. The third-order valence-electron chi connectivity index (χ3n) is 4.11. The van der Waals surface area contributed by atoms with Crippen LogP contribution < -0.4 is 0 Å². The van der Waals surface area contributed by atoms with Gasteiger partial charge in [-0.1, -0.05) is 0 Å². The van der Waals surface area contributed by atoms with E-state index in [0.717, 1.165) is 32.5 Å². The molecule has 0 bridgehead atoms. The lowest BCUT2D eigenvalue weighted by Crippen LogP contribution is -2.42. The fourth-order valence-corrected chi connectivity index (χ4v) is 2.70. The Kier molecular flexibility index (Phi) is 5.26. The van der Waals surface area contributed by atoms with Crippen LogP contribution >= 0.6 is 0 Å².